The number of halogens is 2. The number of benzene rings is 1. The Morgan fingerprint density at radius 3 is 2.74 bits per heavy atom. The van der Waals surface area contributed by atoms with Crippen LogP contribution in [0.1, 0.15) is 16.1 Å². The summed E-state index contributed by atoms with van der Waals surface area (Å²) in [5.74, 6) is -2.35. The molecule has 0 saturated carbocycles. The number of anilines is 2. The van der Waals surface area contributed by atoms with Crippen LogP contribution >= 0.6 is 0 Å². The number of nitrogen functional groups attached to an aromatic ring is 1. The number of nitrogens with one attached hydrogen (secondary N) is 1. The number of nitrogens with two attached hydrogens (primary N) is 1. The average molecular weight is 263 g/mol. The summed E-state index contributed by atoms with van der Waals surface area (Å²) in [5.41, 5.74) is 5.72. The number of pyridine rings is 1. The van der Waals surface area contributed by atoms with E-state index >= 15 is 0 Å². The zero-order valence-electron chi connectivity index (χ0n) is 10.1. The normalized spacial score (nSPS) is 10.3. The van der Waals surface area contributed by atoms with Crippen molar-refractivity contribution in [3.63, 3.8) is 0 Å². The second-order valence-corrected chi connectivity index (χ2v) is 3.98. The lowest BCUT2D eigenvalue weighted by atomic mass is 10.2. The summed E-state index contributed by atoms with van der Waals surface area (Å²) in [4.78, 5) is 15.8. The van der Waals surface area contributed by atoms with Gasteiger partial charge in [0.15, 0.2) is 0 Å². The van der Waals surface area contributed by atoms with Crippen molar-refractivity contribution < 1.29 is 13.6 Å². The molecule has 0 unspecified atom stereocenters. The van der Waals surface area contributed by atoms with Crippen LogP contribution in [0.2, 0.25) is 0 Å². The second kappa shape index (κ2) is 5.01. The number of carbonyl (C=O) groups is 1. The Morgan fingerprint density at radius 2 is 2.05 bits per heavy atom. The van der Waals surface area contributed by atoms with Crippen LogP contribution in [-0.4, -0.2) is 10.9 Å². The van der Waals surface area contributed by atoms with Crippen molar-refractivity contribution in [1.82, 2.24) is 4.98 Å². The molecular formula is C13H11F2N3O. The highest BCUT2D eigenvalue weighted by Crippen LogP contribution is 2.21. The van der Waals surface area contributed by atoms with Gasteiger partial charge in [0.05, 0.1) is 11.4 Å². The van der Waals surface area contributed by atoms with Gasteiger partial charge in [-0.05, 0) is 24.6 Å². The number of amides is 1. The minimum atomic E-state index is -0.895. The zero-order valence-corrected chi connectivity index (χ0v) is 10.1. The van der Waals surface area contributed by atoms with E-state index < -0.39 is 17.5 Å². The summed E-state index contributed by atoms with van der Waals surface area (Å²) in [7, 11) is 0. The summed E-state index contributed by atoms with van der Waals surface area (Å²) >= 11 is 0. The SMILES string of the molecule is Cc1cccnc1C(=O)Nc1cc(N)c(F)cc1F. The fourth-order valence-electron chi connectivity index (χ4n) is 1.57. The van der Waals surface area contributed by atoms with E-state index in [1.807, 2.05) is 0 Å². The highest BCUT2D eigenvalue weighted by molar-refractivity contribution is 6.04. The highest BCUT2D eigenvalue weighted by Gasteiger charge is 2.14. The molecule has 1 amide bonds. The number of nitrogens with zero attached hydrogens (tertiary/aromatic N) is 1. The van der Waals surface area contributed by atoms with E-state index in [1.54, 1.807) is 19.1 Å². The van der Waals surface area contributed by atoms with Gasteiger partial charge < -0.3 is 11.1 Å². The molecule has 0 spiro atoms. The van der Waals surface area contributed by atoms with Crippen LogP contribution in [0.3, 0.4) is 0 Å². The molecule has 1 aromatic carbocycles. The van der Waals surface area contributed by atoms with Gasteiger partial charge >= 0.3 is 0 Å². The maximum absolute atomic E-state index is 13.5. The minimum Gasteiger partial charge on any atom is -0.396 e. The average Bonchev–Trinajstić information content (AvgIpc) is 2.36. The Labute approximate surface area is 108 Å². The van der Waals surface area contributed by atoms with Crippen molar-refractivity contribution in [2.75, 3.05) is 11.1 Å². The van der Waals surface area contributed by atoms with E-state index in [0.29, 0.717) is 11.6 Å². The molecule has 0 atom stereocenters. The maximum Gasteiger partial charge on any atom is 0.274 e. The number of carbonyl (C=O) groups excluding carboxylic acids is 1. The van der Waals surface area contributed by atoms with Gasteiger partial charge in [-0.15, -0.1) is 0 Å². The lowest BCUT2D eigenvalue weighted by Gasteiger charge is -2.08. The van der Waals surface area contributed by atoms with Gasteiger partial charge in [-0.3, -0.25) is 9.78 Å². The molecule has 0 aliphatic carbocycles. The quantitative estimate of drug-likeness (QED) is 0.818. The van der Waals surface area contributed by atoms with Gasteiger partial charge in [-0.1, -0.05) is 6.07 Å². The Kier molecular flexibility index (Phi) is 3.41. The summed E-state index contributed by atoms with van der Waals surface area (Å²) in [6.45, 7) is 1.71. The van der Waals surface area contributed by atoms with Crippen LogP contribution in [0.25, 0.3) is 0 Å². The molecule has 6 heteroatoms. The summed E-state index contributed by atoms with van der Waals surface area (Å²) in [6.07, 6.45) is 1.46. The van der Waals surface area contributed by atoms with Gasteiger partial charge in [-0.25, -0.2) is 8.78 Å². The summed E-state index contributed by atoms with van der Waals surface area (Å²) in [6, 6.07) is 5.04. The Bertz CT molecular complexity index is 644. The monoisotopic (exact) mass is 263 g/mol. The van der Waals surface area contributed by atoms with Crippen molar-refractivity contribution in [3.05, 3.63) is 53.4 Å². The molecule has 0 bridgehead atoms. The van der Waals surface area contributed by atoms with Crippen molar-refractivity contribution in [1.29, 1.82) is 0 Å². The van der Waals surface area contributed by atoms with Crippen molar-refractivity contribution in [2.45, 2.75) is 6.92 Å². The molecule has 0 fully saturated rings. The van der Waals surface area contributed by atoms with Crippen LogP contribution in [0.15, 0.2) is 30.5 Å². The number of aryl methyl sites for hydroxylation is 1. The van der Waals surface area contributed by atoms with Crippen LogP contribution in [0.5, 0.6) is 0 Å². The van der Waals surface area contributed by atoms with Gasteiger partial charge in [0.25, 0.3) is 5.91 Å². The molecule has 3 N–H and O–H groups in total. The first-order chi connectivity index (χ1) is 8.99. The standard InChI is InChI=1S/C13H11F2N3O/c1-7-3-2-4-17-12(7)13(19)18-11-6-10(16)8(14)5-9(11)15/h2-6H,16H2,1H3,(H,18,19). The molecule has 0 aliphatic heterocycles. The molecule has 19 heavy (non-hydrogen) atoms. The van der Waals surface area contributed by atoms with Crippen LogP contribution in [0.4, 0.5) is 20.2 Å². The Morgan fingerprint density at radius 1 is 1.32 bits per heavy atom. The van der Waals surface area contributed by atoms with Crippen LogP contribution in [-0.2, 0) is 0 Å². The minimum absolute atomic E-state index is 0.171. The second-order valence-electron chi connectivity index (χ2n) is 3.98. The third-order valence-corrected chi connectivity index (χ3v) is 2.56. The third-order valence-electron chi connectivity index (χ3n) is 2.56. The van der Waals surface area contributed by atoms with E-state index in [2.05, 4.69) is 10.3 Å². The first-order valence-corrected chi connectivity index (χ1v) is 5.46. The van der Waals surface area contributed by atoms with Crippen molar-refractivity contribution in [2.24, 2.45) is 0 Å². The Hall–Kier alpha value is -2.50. The van der Waals surface area contributed by atoms with Crippen LogP contribution < -0.4 is 11.1 Å². The summed E-state index contributed by atoms with van der Waals surface area (Å²) < 4.78 is 26.5. The predicted molar refractivity (Wildman–Crippen MR) is 67.7 cm³/mol. The lowest BCUT2D eigenvalue weighted by molar-refractivity contribution is 0.102. The zero-order chi connectivity index (χ0) is 14.0. The van der Waals surface area contributed by atoms with E-state index in [0.717, 1.165) is 6.07 Å². The molecule has 0 radical (unpaired) electrons. The predicted octanol–water partition coefficient (Wildman–Crippen LogP) is 2.50. The number of rotatable bonds is 2. The van der Waals surface area contributed by atoms with Gasteiger partial charge in [-0.2, -0.15) is 0 Å². The van der Waals surface area contributed by atoms with E-state index in [1.165, 1.54) is 6.20 Å². The lowest BCUT2D eigenvalue weighted by Crippen LogP contribution is -2.16. The number of hydrogen-bond acceptors (Lipinski definition) is 3. The molecule has 4 nitrogen and oxygen atoms in total. The fraction of sp³-hybridized carbons (Fsp3) is 0.0769. The number of hydrogen-bond donors (Lipinski definition) is 2. The van der Waals surface area contributed by atoms with E-state index in [-0.39, 0.29) is 17.1 Å². The topological polar surface area (TPSA) is 68.0 Å². The molecule has 2 aromatic rings. The fourth-order valence-corrected chi connectivity index (χ4v) is 1.57. The largest absolute Gasteiger partial charge is 0.396 e. The van der Waals surface area contributed by atoms with Crippen molar-refractivity contribution in [3.8, 4) is 0 Å². The smallest absolute Gasteiger partial charge is 0.274 e. The van der Waals surface area contributed by atoms with Crippen LogP contribution in [0, 0.1) is 18.6 Å². The third kappa shape index (κ3) is 2.67. The van der Waals surface area contributed by atoms with Gasteiger partial charge in [0, 0.05) is 12.3 Å². The molecule has 1 heterocycles. The summed E-state index contributed by atoms with van der Waals surface area (Å²) in [5, 5.41) is 2.31. The van der Waals surface area contributed by atoms with E-state index in [9.17, 15) is 13.6 Å². The highest BCUT2D eigenvalue weighted by atomic mass is 19.1. The molecule has 2 rings (SSSR count). The molecule has 0 saturated heterocycles. The first kappa shape index (κ1) is 12.9. The number of aromatic nitrogens is 1. The van der Waals surface area contributed by atoms with Crippen molar-refractivity contribution >= 4 is 17.3 Å². The molecule has 1 aromatic heterocycles. The van der Waals surface area contributed by atoms with E-state index in [4.69, 9.17) is 5.73 Å². The molecular weight excluding hydrogens is 252 g/mol. The molecule has 0 aliphatic rings. The Balaban J connectivity index is 2.30. The van der Waals surface area contributed by atoms with Gasteiger partial charge in [0.2, 0.25) is 0 Å². The van der Waals surface area contributed by atoms with Gasteiger partial charge in [0.1, 0.15) is 17.3 Å². The first-order valence-electron chi connectivity index (χ1n) is 5.46. The maximum atomic E-state index is 13.5. The molecule has 98 valence electrons.